The Morgan fingerprint density at radius 3 is 1.09 bits per heavy atom. The van der Waals surface area contributed by atoms with Crippen molar-refractivity contribution >= 4 is 11.9 Å². The lowest BCUT2D eigenvalue weighted by atomic mass is 9.82. The minimum absolute atomic E-state index is 0.0267. The van der Waals surface area contributed by atoms with Crippen LogP contribution in [0.4, 0.5) is 0 Å². The summed E-state index contributed by atoms with van der Waals surface area (Å²) in [5.74, 6) is -0.169. The van der Waals surface area contributed by atoms with E-state index in [1.807, 2.05) is 0 Å². The van der Waals surface area contributed by atoms with E-state index < -0.39 is 0 Å². The van der Waals surface area contributed by atoms with Crippen molar-refractivity contribution in [3.05, 3.63) is 0 Å². The molecule has 0 amide bonds. The van der Waals surface area contributed by atoms with Crippen LogP contribution in [0.5, 0.6) is 0 Å². The summed E-state index contributed by atoms with van der Waals surface area (Å²) in [6.45, 7) is 5.57. The molecule has 0 unspecified atom stereocenters. The van der Waals surface area contributed by atoms with Gasteiger partial charge in [0.05, 0.1) is 25.0 Å². The van der Waals surface area contributed by atoms with Gasteiger partial charge >= 0.3 is 11.9 Å². The molecule has 32 heavy (non-hydrogen) atoms. The second kappa shape index (κ2) is 20.5. The number of esters is 2. The van der Waals surface area contributed by atoms with E-state index in [9.17, 15) is 9.59 Å². The highest BCUT2D eigenvalue weighted by molar-refractivity contribution is 5.75. The summed E-state index contributed by atoms with van der Waals surface area (Å²) < 4.78 is 11.0. The van der Waals surface area contributed by atoms with Crippen LogP contribution in [0.1, 0.15) is 142 Å². The number of rotatable bonds is 20. The summed E-state index contributed by atoms with van der Waals surface area (Å²) in [5.41, 5.74) is 0. The lowest BCUT2D eigenvalue weighted by Gasteiger charge is -2.26. The minimum atomic E-state index is -0.0595. The van der Waals surface area contributed by atoms with Crippen LogP contribution in [0.15, 0.2) is 0 Å². The molecular weight excluding hydrogens is 400 g/mol. The van der Waals surface area contributed by atoms with Gasteiger partial charge in [-0.15, -0.1) is 0 Å². The van der Waals surface area contributed by atoms with Crippen molar-refractivity contribution in [3.63, 3.8) is 0 Å². The maximum absolute atomic E-state index is 12.3. The fraction of sp³-hybridized carbons (Fsp3) is 0.929. The van der Waals surface area contributed by atoms with Crippen molar-refractivity contribution < 1.29 is 19.1 Å². The lowest BCUT2D eigenvalue weighted by molar-refractivity contribution is -0.155. The van der Waals surface area contributed by atoms with Gasteiger partial charge in [-0.05, 0) is 38.5 Å². The molecule has 4 nitrogen and oxygen atoms in total. The third kappa shape index (κ3) is 14.9. The Morgan fingerprint density at radius 2 is 0.781 bits per heavy atom. The molecule has 0 spiro atoms. The topological polar surface area (TPSA) is 52.6 Å². The molecule has 0 saturated heterocycles. The maximum Gasteiger partial charge on any atom is 0.308 e. The number of carbonyl (C=O) groups is 2. The van der Waals surface area contributed by atoms with E-state index >= 15 is 0 Å². The standard InChI is InChI=1S/C28H52O4/c1-3-5-7-9-11-12-13-14-16-18-24-32-28(30)26-21-19-25(20-22-26)27(29)31-23-17-15-10-8-6-4-2/h25-26H,3-24H2,1-2H3. The van der Waals surface area contributed by atoms with Crippen LogP contribution in [0.2, 0.25) is 0 Å². The van der Waals surface area contributed by atoms with Crippen LogP contribution in [-0.4, -0.2) is 25.2 Å². The Hall–Kier alpha value is -1.06. The van der Waals surface area contributed by atoms with E-state index in [1.54, 1.807) is 0 Å². The van der Waals surface area contributed by atoms with Gasteiger partial charge in [-0.25, -0.2) is 0 Å². The van der Waals surface area contributed by atoms with Crippen LogP contribution < -0.4 is 0 Å². The van der Waals surface area contributed by atoms with Gasteiger partial charge in [0, 0.05) is 0 Å². The third-order valence-electron chi connectivity index (χ3n) is 6.88. The highest BCUT2D eigenvalue weighted by Gasteiger charge is 2.31. The number of ether oxygens (including phenoxy) is 2. The quantitative estimate of drug-likeness (QED) is 0.138. The molecule has 0 radical (unpaired) electrons. The zero-order valence-corrected chi connectivity index (χ0v) is 21.3. The first-order valence-corrected chi connectivity index (χ1v) is 14.0. The zero-order chi connectivity index (χ0) is 23.3. The van der Waals surface area contributed by atoms with E-state index in [0.29, 0.717) is 13.2 Å². The Morgan fingerprint density at radius 1 is 0.500 bits per heavy atom. The van der Waals surface area contributed by atoms with E-state index in [4.69, 9.17) is 9.47 Å². The van der Waals surface area contributed by atoms with Gasteiger partial charge in [0.25, 0.3) is 0 Å². The van der Waals surface area contributed by atoms with Crippen LogP contribution in [-0.2, 0) is 19.1 Å². The SMILES string of the molecule is CCCCCCCCCCCCOC(=O)C1CCC(C(=O)OCCCCCCCC)CC1. The summed E-state index contributed by atoms with van der Waals surface area (Å²) in [4.78, 5) is 24.6. The summed E-state index contributed by atoms with van der Waals surface area (Å²) >= 11 is 0. The summed E-state index contributed by atoms with van der Waals surface area (Å²) in [6.07, 6.45) is 23.0. The Kier molecular flexibility index (Phi) is 18.6. The largest absolute Gasteiger partial charge is 0.465 e. The van der Waals surface area contributed by atoms with Crippen molar-refractivity contribution in [2.45, 2.75) is 142 Å². The van der Waals surface area contributed by atoms with Gasteiger partial charge in [-0.3, -0.25) is 9.59 Å². The first-order chi connectivity index (χ1) is 15.7. The summed E-state index contributed by atoms with van der Waals surface area (Å²) in [7, 11) is 0. The zero-order valence-electron chi connectivity index (χ0n) is 21.3. The maximum atomic E-state index is 12.3. The van der Waals surface area contributed by atoms with Gasteiger partial charge in [0.1, 0.15) is 0 Å². The molecule has 1 fully saturated rings. The molecule has 0 atom stereocenters. The minimum Gasteiger partial charge on any atom is -0.465 e. The number of hydrogen-bond acceptors (Lipinski definition) is 4. The molecule has 1 aliphatic carbocycles. The fourth-order valence-corrected chi connectivity index (χ4v) is 4.62. The van der Waals surface area contributed by atoms with Crippen molar-refractivity contribution in [1.82, 2.24) is 0 Å². The average molecular weight is 453 g/mol. The molecule has 0 heterocycles. The Labute approximate surface area is 198 Å². The normalized spacial score (nSPS) is 18.4. The molecule has 1 aliphatic rings. The van der Waals surface area contributed by atoms with Gasteiger partial charge in [0.2, 0.25) is 0 Å². The molecule has 0 aromatic heterocycles. The summed E-state index contributed by atoms with van der Waals surface area (Å²) in [5, 5.41) is 0. The van der Waals surface area contributed by atoms with Crippen molar-refractivity contribution in [3.8, 4) is 0 Å². The molecule has 0 N–H and O–H groups in total. The van der Waals surface area contributed by atoms with Crippen LogP contribution in [0, 0.1) is 11.8 Å². The predicted molar refractivity (Wildman–Crippen MR) is 133 cm³/mol. The van der Waals surface area contributed by atoms with Crippen molar-refractivity contribution in [2.75, 3.05) is 13.2 Å². The van der Waals surface area contributed by atoms with Gasteiger partial charge in [-0.2, -0.15) is 0 Å². The predicted octanol–water partition coefficient (Wildman–Crippen LogP) is 8.16. The summed E-state index contributed by atoms with van der Waals surface area (Å²) in [6, 6.07) is 0. The molecule has 1 saturated carbocycles. The second-order valence-electron chi connectivity index (χ2n) is 9.83. The fourth-order valence-electron chi connectivity index (χ4n) is 4.62. The van der Waals surface area contributed by atoms with E-state index in [1.165, 1.54) is 77.0 Å². The smallest absolute Gasteiger partial charge is 0.308 e. The molecule has 0 aromatic rings. The van der Waals surface area contributed by atoms with Crippen LogP contribution in [0.25, 0.3) is 0 Å². The third-order valence-corrected chi connectivity index (χ3v) is 6.88. The van der Waals surface area contributed by atoms with Crippen molar-refractivity contribution in [2.24, 2.45) is 11.8 Å². The molecule has 4 heteroatoms. The molecule has 188 valence electrons. The van der Waals surface area contributed by atoms with E-state index in [0.717, 1.165) is 51.4 Å². The lowest BCUT2D eigenvalue weighted by Crippen LogP contribution is -2.28. The monoisotopic (exact) mass is 452 g/mol. The number of unbranched alkanes of at least 4 members (excludes halogenated alkanes) is 14. The van der Waals surface area contributed by atoms with Crippen LogP contribution in [0.3, 0.4) is 0 Å². The molecule has 0 aromatic carbocycles. The second-order valence-corrected chi connectivity index (χ2v) is 9.83. The van der Waals surface area contributed by atoms with Gasteiger partial charge < -0.3 is 9.47 Å². The molecule has 1 rings (SSSR count). The number of hydrogen-bond donors (Lipinski definition) is 0. The highest BCUT2D eigenvalue weighted by atomic mass is 16.5. The van der Waals surface area contributed by atoms with Crippen LogP contribution >= 0.6 is 0 Å². The number of carbonyl (C=O) groups excluding carboxylic acids is 2. The van der Waals surface area contributed by atoms with Gasteiger partial charge in [-0.1, -0.05) is 104 Å². The van der Waals surface area contributed by atoms with E-state index in [-0.39, 0.29) is 23.8 Å². The Balaban J connectivity index is 1.96. The van der Waals surface area contributed by atoms with Gasteiger partial charge in [0.15, 0.2) is 0 Å². The van der Waals surface area contributed by atoms with E-state index in [2.05, 4.69) is 13.8 Å². The van der Waals surface area contributed by atoms with Crippen molar-refractivity contribution in [1.29, 1.82) is 0 Å². The molecule has 0 aliphatic heterocycles. The highest BCUT2D eigenvalue weighted by Crippen LogP contribution is 2.30. The average Bonchev–Trinajstić information content (AvgIpc) is 2.81. The molecule has 0 bridgehead atoms. The molecular formula is C28H52O4. The Bertz CT molecular complexity index is 454. The first-order valence-electron chi connectivity index (χ1n) is 14.0. The first kappa shape index (κ1) is 29.0.